The molecular formula is C14H22N4O. The van der Waals surface area contributed by atoms with Gasteiger partial charge in [-0.1, -0.05) is 19.9 Å². The van der Waals surface area contributed by atoms with Gasteiger partial charge in [0.1, 0.15) is 0 Å². The largest absolute Gasteiger partial charge is 0.355 e. The zero-order valence-corrected chi connectivity index (χ0v) is 12.2. The number of carbonyl (C=O) groups is 1. The average molecular weight is 262 g/mol. The second-order valence-electron chi connectivity index (χ2n) is 4.18. The molecule has 0 radical (unpaired) electrons. The Labute approximate surface area is 114 Å². The Morgan fingerprint density at radius 3 is 2.63 bits per heavy atom. The van der Waals surface area contributed by atoms with Gasteiger partial charge in [0.05, 0.1) is 17.9 Å². The lowest BCUT2D eigenvalue weighted by molar-refractivity contribution is 0.0963. The van der Waals surface area contributed by atoms with Gasteiger partial charge in [-0.3, -0.25) is 10.2 Å². The molecule has 0 spiro atoms. The van der Waals surface area contributed by atoms with E-state index in [4.69, 9.17) is 0 Å². The Morgan fingerprint density at radius 2 is 2.05 bits per heavy atom. The van der Waals surface area contributed by atoms with Crippen molar-refractivity contribution in [3.8, 4) is 0 Å². The Bertz CT molecular complexity index is 469. The van der Waals surface area contributed by atoms with Crippen LogP contribution in [-0.2, 0) is 0 Å². The van der Waals surface area contributed by atoms with E-state index in [9.17, 15) is 4.79 Å². The highest BCUT2D eigenvalue weighted by molar-refractivity contribution is 5.98. The van der Waals surface area contributed by atoms with Crippen LogP contribution in [0.2, 0.25) is 0 Å². The van der Waals surface area contributed by atoms with Crippen LogP contribution in [-0.4, -0.2) is 30.3 Å². The fourth-order valence-corrected chi connectivity index (χ4v) is 1.59. The smallest absolute Gasteiger partial charge is 0.251 e. The topological polar surface area (TPSA) is 56.7 Å². The number of nitrogens with one attached hydrogen (secondary N) is 2. The van der Waals surface area contributed by atoms with Crippen molar-refractivity contribution in [1.82, 2.24) is 10.4 Å². The summed E-state index contributed by atoms with van der Waals surface area (Å²) >= 11 is 0. The van der Waals surface area contributed by atoms with E-state index in [0.717, 1.165) is 11.3 Å². The minimum atomic E-state index is -0.0896. The van der Waals surface area contributed by atoms with Gasteiger partial charge in [0.15, 0.2) is 0 Å². The number of nitrogens with zero attached hydrogens (tertiary/aromatic N) is 2. The summed E-state index contributed by atoms with van der Waals surface area (Å²) in [6.07, 6.45) is 1.79. The standard InChI is InChI=1S/C12H16N4O.C2H6/c1-8(2)16-14-7-10-5-4-9(12(17)13-3)6-11(10)15-16;1-2/h4-8,15H,1-3H3,(H,13,17);1-2H3. The van der Waals surface area contributed by atoms with Gasteiger partial charge in [-0.2, -0.15) is 5.10 Å². The summed E-state index contributed by atoms with van der Waals surface area (Å²) in [5.41, 5.74) is 5.69. The van der Waals surface area contributed by atoms with Crippen LogP contribution in [0.1, 0.15) is 43.6 Å². The van der Waals surface area contributed by atoms with Gasteiger partial charge in [0.25, 0.3) is 5.91 Å². The number of fused-ring (bicyclic) bond motifs is 1. The number of carbonyl (C=O) groups excluding carboxylic acids is 1. The molecule has 0 saturated carbocycles. The first-order chi connectivity index (χ1) is 9.11. The van der Waals surface area contributed by atoms with E-state index in [1.54, 1.807) is 24.4 Å². The summed E-state index contributed by atoms with van der Waals surface area (Å²) < 4.78 is 0. The maximum Gasteiger partial charge on any atom is 0.251 e. The fourth-order valence-electron chi connectivity index (χ4n) is 1.59. The van der Waals surface area contributed by atoms with Crippen molar-refractivity contribution >= 4 is 17.8 Å². The van der Waals surface area contributed by atoms with E-state index in [1.165, 1.54) is 0 Å². The molecule has 1 aliphatic heterocycles. The Morgan fingerprint density at radius 1 is 1.37 bits per heavy atom. The van der Waals surface area contributed by atoms with Crippen LogP contribution in [0.4, 0.5) is 5.69 Å². The number of hydrogen-bond acceptors (Lipinski definition) is 4. The van der Waals surface area contributed by atoms with Crippen LogP contribution in [0.5, 0.6) is 0 Å². The number of benzene rings is 1. The highest BCUT2D eigenvalue weighted by Crippen LogP contribution is 2.21. The molecule has 104 valence electrons. The van der Waals surface area contributed by atoms with Gasteiger partial charge in [-0.05, 0) is 26.0 Å². The number of hydrazine groups is 1. The molecule has 5 heteroatoms. The van der Waals surface area contributed by atoms with E-state index < -0.39 is 0 Å². The molecule has 1 aliphatic rings. The van der Waals surface area contributed by atoms with Crippen molar-refractivity contribution in [2.45, 2.75) is 33.7 Å². The third-order valence-electron chi connectivity index (χ3n) is 2.59. The van der Waals surface area contributed by atoms with Crippen molar-refractivity contribution in [3.05, 3.63) is 29.3 Å². The zero-order valence-electron chi connectivity index (χ0n) is 12.2. The van der Waals surface area contributed by atoms with Crippen molar-refractivity contribution in [2.75, 3.05) is 12.5 Å². The van der Waals surface area contributed by atoms with Crippen molar-refractivity contribution in [3.63, 3.8) is 0 Å². The molecule has 0 unspecified atom stereocenters. The van der Waals surface area contributed by atoms with Gasteiger partial charge in [-0.15, -0.1) is 0 Å². The molecule has 2 N–H and O–H groups in total. The first-order valence-corrected chi connectivity index (χ1v) is 6.58. The van der Waals surface area contributed by atoms with Gasteiger partial charge in [-0.25, -0.2) is 5.12 Å². The van der Waals surface area contributed by atoms with E-state index >= 15 is 0 Å². The molecular weight excluding hydrogens is 240 g/mol. The van der Waals surface area contributed by atoms with Crippen LogP contribution >= 0.6 is 0 Å². The number of amides is 1. The van der Waals surface area contributed by atoms with Gasteiger partial charge in [0.2, 0.25) is 0 Å². The second kappa shape index (κ2) is 6.78. The molecule has 0 saturated heterocycles. The Hall–Kier alpha value is -2.04. The summed E-state index contributed by atoms with van der Waals surface area (Å²) in [6.45, 7) is 8.08. The minimum absolute atomic E-state index is 0.0896. The molecule has 1 amide bonds. The molecule has 0 bridgehead atoms. The maximum absolute atomic E-state index is 11.5. The van der Waals surface area contributed by atoms with Crippen LogP contribution in [0.25, 0.3) is 0 Å². The summed E-state index contributed by atoms with van der Waals surface area (Å²) in [5.74, 6) is -0.0896. The molecule has 1 aromatic carbocycles. The van der Waals surface area contributed by atoms with Crippen molar-refractivity contribution < 1.29 is 4.79 Å². The van der Waals surface area contributed by atoms with Crippen molar-refractivity contribution in [1.29, 1.82) is 0 Å². The highest BCUT2D eigenvalue weighted by atomic mass is 16.1. The lowest BCUT2D eigenvalue weighted by Gasteiger charge is -2.28. The minimum Gasteiger partial charge on any atom is -0.355 e. The normalized spacial score (nSPS) is 12.2. The van der Waals surface area contributed by atoms with Crippen LogP contribution in [0, 0.1) is 0 Å². The van der Waals surface area contributed by atoms with Gasteiger partial charge in [0, 0.05) is 18.2 Å². The maximum atomic E-state index is 11.5. The van der Waals surface area contributed by atoms with Crippen LogP contribution in [0.3, 0.4) is 0 Å². The highest BCUT2D eigenvalue weighted by Gasteiger charge is 2.15. The fraction of sp³-hybridized carbons (Fsp3) is 0.429. The Kier molecular flexibility index (Phi) is 5.36. The van der Waals surface area contributed by atoms with E-state index in [-0.39, 0.29) is 11.9 Å². The second-order valence-corrected chi connectivity index (χ2v) is 4.18. The molecule has 0 aliphatic carbocycles. The SMILES string of the molecule is CC.CNC(=O)c1ccc2c(c1)NN(C(C)C)N=C2. The predicted molar refractivity (Wildman–Crippen MR) is 79.4 cm³/mol. The molecule has 5 nitrogen and oxygen atoms in total. The quantitative estimate of drug-likeness (QED) is 0.860. The molecule has 1 heterocycles. The zero-order chi connectivity index (χ0) is 14.4. The third-order valence-corrected chi connectivity index (χ3v) is 2.59. The van der Waals surface area contributed by atoms with Gasteiger partial charge >= 0.3 is 0 Å². The first kappa shape index (κ1) is 15.0. The third kappa shape index (κ3) is 3.47. The first-order valence-electron chi connectivity index (χ1n) is 6.58. The number of rotatable bonds is 2. The number of anilines is 1. The molecule has 2 rings (SSSR count). The molecule has 1 aromatic rings. The lowest BCUT2D eigenvalue weighted by Crippen LogP contribution is -2.34. The number of hydrazone groups is 1. The lowest BCUT2D eigenvalue weighted by atomic mass is 10.1. The van der Waals surface area contributed by atoms with E-state index in [0.29, 0.717) is 5.56 Å². The Balaban J connectivity index is 0.000000861. The van der Waals surface area contributed by atoms with Crippen LogP contribution in [0.15, 0.2) is 23.3 Å². The average Bonchev–Trinajstić information content (AvgIpc) is 2.47. The van der Waals surface area contributed by atoms with Gasteiger partial charge < -0.3 is 5.32 Å². The monoisotopic (exact) mass is 262 g/mol. The number of hydrogen-bond donors (Lipinski definition) is 2. The summed E-state index contributed by atoms with van der Waals surface area (Å²) in [6, 6.07) is 5.75. The molecule has 0 aromatic heterocycles. The van der Waals surface area contributed by atoms with E-state index in [1.807, 2.05) is 39.8 Å². The summed E-state index contributed by atoms with van der Waals surface area (Å²) in [5, 5.41) is 8.63. The van der Waals surface area contributed by atoms with Crippen LogP contribution < -0.4 is 10.7 Å². The summed E-state index contributed by atoms with van der Waals surface area (Å²) in [7, 11) is 1.62. The summed E-state index contributed by atoms with van der Waals surface area (Å²) in [4.78, 5) is 11.5. The molecule has 0 atom stereocenters. The molecule has 0 fully saturated rings. The van der Waals surface area contributed by atoms with E-state index in [2.05, 4.69) is 15.8 Å². The predicted octanol–water partition coefficient (Wildman–Crippen LogP) is 2.46. The molecule has 19 heavy (non-hydrogen) atoms. The van der Waals surface area contributed by atoms with Crippen molar-refractivity contribution in [2.24, 2.45) is 5.10 Å².